The van der Waals surface area contributed by atoms with Crippen molar-refractivity contribution in [2.75, 3.05) is 0 Å². The summed E-state index contributed by atoms with van der Waals surface area (Å²) in [6, 6.07) is 8.34. The molecule has 3 N–H and O–H groups in total. The fraction of sp³-hybridized carbons (Fsp3) is 0.545. The monoisotopic (exact) mass is 550 g/mol. The minimum absolute atomic E-state index is 0.0807. The summed E-state index contributed by atoms with van der Waals surface area (Å²) in [5.74, 6) is -2.14. The lowest BCUT2D eigenvalue weighted by atomic mass is 9.39. The molecule has 40 heavy (non-hydrogen) atoms. The lowest BCUT2D eigenvalue weighted by molar-refractivity contribution is -0.161. The molecule has 1 heterocycles. The van der Waals surface area contributed by atoms with Crippen LogP contribution >= 0.6 is 0 Å². The average Bonchev–Trinajstić information content (AvgIpc) is 3.24. The maximum atomic E-state index is 15.0. The van der Waals surface area contributed by atoms with Gasteiger partial charge in [-0.15, -0.1) is 0 Å². The van der Waals surface area contributed by atoms with Crippen LogP contribution in [0.3, 0.4) is 0 Å². The number of benzene rings is 1. The van der Waals surface area contributed by atoms with Gasteiger partial charge in [0.15, 0.2) is 22.8 Å². The molecule has 5 unspecified atom stereocenters. The molecule has 0 amide bonds. The highest BCUT2D eigenvalue weighted by atomic mass is 16.5. The number of aliphatic hydroxyl groups is 3. The first-order valence-corrected chi connectivity index (χ1v) is 13.9. The Hall–Kier alpha value is -2.87. The second-order valence-electron chi connectivity index (χ2n) is 13.6. The molecule has 1 aromatic rings. The van der Waals surface area contributed by atoms with E-state index >= 15 is 0 Å². The summed E-state index contributed by atoms with van der Waals surface area (Å²) in [5, 5.41) is 32.4. The van der Waals surface area contributed by atoms with Gasteiger partial charge in [-0.3, -0.25) is 14.4 Å². The van der Waals surface area contributed by atoms with Crippen molar-refractivity contribution in [3.05, 3.63) is 71.5 Å². The van der Waals surface area contributed by atoms with E-state index in [0.29, 0.717) is 5.57 Å². The Morgan fingerprint density at radius 2 is 1.73 bits per heavy atom. The Morgan fingerprint density at radius 1 is 1.12 bits per heavy atom. The van der Waals surface area contributed by atoms with Crippen LogP contribution in [0.5, 0.6) is 0 Å². The van der Waals surface area contributed by atoms with Gasteiger partial charge < -0.3 is 20.1 Å². The number of carbonyl (C=O) groups is 3. The standard InChI is InChI=1S/C33H42O7/c1-19(2)23(34)16-22-26(36)33(25(35)20-12-10-9-11-13-20)28(37)32(18-24(31(7,8)39)40-27(22)32)17-21(30(33,5)6)14-15-29(3,4)38/h9-15,21,23-24,34,38-39H,1,16-18H2,2-8H3. The van der Waals surface area contributed by atoms with Crippen molar-refractivity contribution in [2.45, 2.75) is 91.1 Å². The zero-order valence-corrected chi connectivity index (χ0v) is 24.6. The molecule has 216 valence electrons. The third-order valence-corrected chi connectivity index (χ3v) is 9.22. The summed E-state index contributed by atoms with van der Waals surface area (Å²) >= 11 is 0. The maximum Gasteiger partial charge on any atom is 0.184 e. The molecule has 1 spiro atoms. The number of hydrogen-bond donors (Lipinski definition) is 3. The molecule has 4 rings (SSSR count). The predicted molar refractivity (Wildman–Crippen MR) is 151 cm³/mol. The Labute approximate surface area is 236 Å². The van der Waals surface area contributed by atoms with Gasteiger partial charge in [0.2, 0.25) is 0 Å². The van der Waals surface area contributed by atoms with Gasteiger partial charge in [-0.1, -0.05) is 68.5 Å². The zero-order valence-electron chi connectivity index (χ0n) is 24.6. The van der Waals surface area contributed by atoms with Gasteiger partial charge in [0, 0.05) is 24.0 Å². The van der Waals surface area contributed by atoms with Gasteiger partial charge in [-0.2, -0.15) is 0 Å². The first-order chi connectivity index (χ1) is 18.3. The zero-order chi connectivity index (χ0) is 30.1. The van der Waals surface area contributed by atoms with Crippen LogP contribution in [-0.4, -0.2) is 56.1 Å². The van der Waals surface area contributed by atoms with Crippen LogP contribution in [0, 0.1) is 22.2 Å². The van der Waals surface area contributed by atoms with Crippen molar-refractivity contribution in [3.8, 4) is 0 Å². The van der Waals surface area contributed by atoms with Gasteiger partial charge in [0.25, 0.3) is 0 Å². The number of aliphatic hydroxyl groups excluding tert-OH is 1. The summed E-state index contributed by atoms with van der Waals surface area (Å²) in [5.41, 5.74) is -6.45. The molecule has 0 radical (unpaired) electrons. The van der Waals surface area contributed by atoms with E-state index in [1.54, 1.807) is 91.0 Å². The van der Waals surface area contributed by atoms with Crippen molar-refractivity contribution in [3.63, 3.8) is 0 Å². The topological polar surface area (TPSA) is 121 Å². The van der Waals surface area contributed by atoms with Crippen molar-refractivity contribution in [2.24, 2.45) is 22.2 Å². The van der Waals surface area contributed by atoms with Crippen LogP contribution in [0.25, 0.3) is 0 Å². The third kappa shape index (κ3) is 4.43. The normalized spacial score (nSPS) is 30.8. The number of fused-ring (bicyclic) bond motifs is 1. The molecule has 0 aromatic heterocycles. The minimum Gasteiger partial charge on any atom is -0.490 e. The largest absolute Gasteiger partial charge is 0.490 e. The molecule has 7 nitrogen and oxygen atoms in total. The number of carbonyl (C=O) groups excluding carboxylic acids is 3. The van der Waals surface area contributed by atoms with Crippen molar-refractivity contribution < 1.29 is 34.4 Å². The molecule has 1 saturated heterocycles. The number of rotatable bonds is 8. The molecule has 3 aliphatic rings. The molecule has 1 saturated carbocycles. The van der Waals surface area contributed by atoms with Crippen LogP contribution < -0.4 is 0 Å². The number of allylic oxidation sites excluding steroid dienone is 2. The number of hydrogen-bond acceptors (Lipinski definition) is 7. The van der Waals surface area contributed by atoms with E-state index in [1.807, 2.05) is 0 Å². The smallest absolute Gasteiger partial charge is 0.184 e. The van der Waals surface area contributed by atoms with E-state index < -0.39 is 62.9 Å². The molecule has 2 bridgehead atoms. The van der Waals surface area contributed by atoms with Crippen LogP contribution in [0.15, 0.2) is 66.0 Å². The van der Waals surface area contributed by atoms with E-state index in [1.165, 1.54) is 0 Å². The number of Topliss-reactive ketones (excluding diaryl/α,β-unsaturated/α-hetero) is 3. The molecular formula is C33H42O7. The first-order valence-electron chi connectivity index (χ1n) is 13.9. The van der Waals surface area contributed by atoms with Crippen LogP contribution in [0.4, 0.5) is 0 Å². The van der Waals surface area contributed by atoms with E-state index in [0.717, 1.165) is 0 Å². The maximum absolute atomic E-state index is 15.0. The summed E-state index contributed by atoms with van der Waals surface area (Å²) < 4.78 is 6.30. The number of ketones is 3. The Morgan fingerprint density at radius 3 is 2.25 bits per heavy atom. The van der Waals surface area contributed by atoms with Crippen LogP contribution in [0.1, 0.15) is 78.1 Å². The average molecular weight is 551 g/mol. The molecule has 1 aliphatic heterocycles. The first kappa shape index (κ1) is 30.1. The SMILES string of the molecule is C=C(C)C(O)CC1=C2OC(C(C)(C)O)CC23CC(C=CC(C)(C)O)C(C)(C)C(C(=O)c2ccccc2)(C1=O)C3=O. The van der Waals surface area contributed by atoms with Crippen molar-refractivity contribution in [1.29, 1.82) is 0 Å². The van der Waals surface area contributed by atoms with E-state index in [4.69, 9.17) is 4.74 Å². The molecule has 2 fully saturated rings. The van der Waals surface area contributed by atoms with Gasteiger partial charge in [0.05, 0.1) is 22.7 Å². The van der Waals surface area contributed by atoms with E-state index in [9.17, 15) is 29.7 Å². The highest BCUT2D eigenvalue weighted by Crippen LogP contribution is 2.68. The lowest BCUT2D eigenvalue weighted by Crippen LogP contribution is -2.69. The second kappa shape index (κ2) is 9.61. The minimum atomic E-state index is -2.12. The van der Waals surface area contributed by atoms with Gasteiger partial charge in [0.1, 0.15) is 11.9 Å². The highest BCUT2D eigenvalue weighted by molar-refractivity contribution is 6.36. The number of ether oxygens (including phenoxy) is 1. The van der Waals surface area contributed by atoms with Crippen LogP contribution in [0.2, 0.25) is 0 Å². The third-order valence-electron chi connectivity index (χ3n) is 9.22. The molecule has 5 atom stereocenters. The van der Waals surface area contributed by atoms with Crippen molar-refractivity contribution >= 4 is 17.3 Å². The van der Waals surface area contributed by atoms with Gasteiger partial charge in [-0.25, -0.2) is 0 Å². The summed E-state index contributed by atoms with van der Waals surface area (Å²) in [6.07, 6.45) is 1.65. The molecular weight excluding hydrogens is 508 g/mol. The molecule has 2 aliphatic carbocycles. The fourth-order valence-electron chi connectivity index (χ4n) is 6.73. The molecule has 7 heteroatoms. The van der Waals surface area contributed by atoms with E-state index in [2.05, 4.69) is 6.58 Å². The lowest BCUT2D eigenvalue weighted by Gasteiger charge is -2.58. The van der Waals surface area contributed by atoms with Crippen LogP contribution in [-0.2, 0) is 14.3 Å². The van der Waals surface area contributed by atoms with Crippen molar-refractivity contribution in [1.82, 2.24) is 0 Å². The fourth-order valence-corrected chi connectivity index (χ4v) is 6.73. The summed E-state index contributed by atoms with van der Waals surface area (Å²) in [7, 11) is 0. The predicted octanol–water partition coefficient (Wildman–Crippen LogP) is 4.51. The van der Waals surface area contributed by atoms with Gasteiger partial charge >= 0.3 is 0 Å². The quantitative estimate of drug-likeness (QED) is 0.247. The van der Waals surface area contributed by atoms with E-state index in [-0.39, 0.29) is 36.2 Å². The Kier molecular flexibility index (Phi) is 7.23. The highest BCUT2D eigenvalue weighted by Gasteiger charge is 2.77. The Bertz CT molecular complexity index is 1300. The van der Waals surface area contributed by atoms with Gasteiger partial charge in [-0.05, 0) is 52.4 Å². The second-order valence-corrected chi connectivity index (χ2v) is 13.6. The summed E-state index contributed by atoms with van der Waals surface area (Å²) in [4.78, 5) is 44.4. The summed E-state index contributed by atoms with van der Waals surface area (Å²) in [6.45, 7) is 15.4. The molecule has 1 aromatic carbocycles. The Balaban J connectivity index is 2.08.